The summed E-state index contributed by atoms with van der Waals surface area (Å²) in [5.41, 5.74) is 1.93. The summed E-state index contributed by atoms with van der Waals surface area (Å²) in [4.78, 5) is 26.9. The van der Waals surface area contributed by atoms with Gasteiger partial charge in [-0.1, -0.05) is 48.6 Å². The van der Waals surface area contributed by atoms with Gasteiger partial charge < -0.3 is 10.0 Å². The van der Waals surface area contributed by atoms with Crippen molar-refractivity contribution in [1.29, 1.82) is 0 Å². The summed E-state index contributed by atoms with van der Waals surface area (Å²) in [6, 6.07) is 11.5. The second kappa shape index (κ2) is 7.20. The number of amides is 1. The van der Waals surface area contributed by atoms with Crippen LogP contribution in [-0.4, -0.2) is 33.8 Å². The minimum absolute atomic E-state index is 0.0336. The van der Waals surface area contributed by atoms with Gasteiger partial charge in [0.15, 0.2) is 11.4 Å². The zero-order valence-corrected chi connectivity index (χ0v) is 16.9. The maximum Gasteiger partial charge on any atom is 0.277 e. The maximum atomic E-state index is 13.1. The number of aromatic nitrogens is 1. The van der Waals surface area contributed by atoms with Crippen LogP contribution in [-0.2, 0) is 0 Å². The van der Waals surface area contributed by atoms with Crippen LogP contribution in [0.1, 0.15) is 47.8 Å². The zero-order valence-electron chi connectivity index (χ0n) is 16.9. The zero-order chi connectivity index (χ0) is 20.8. The molecule has 2 aromatic rings. The van der Waals surface area contributed by atoms with Gasteiger partial charge in [-0.3, -0.25) is 19.3 Å². The molecule has 1 N–H and O–H groups in total. The number of pyridine rings is 1. The third kappa shape index (κ3) is 2.78. The molecule has 30 heavy (non-hydrogen) atoms. The molecule has 0 spiro atoms. The van der Waals surface area contributed by atoms with Crippen molar-refractivity contribution in [1.82, 2.24) is 9.58 Å². The molecule has 3 heterocycles. The van der Waals surface area contributed by atoms with E-state index in [0.29, 0.717) is 5.92 Å². The summed E-state index contributed by atoms with van der Waals surface area (Å²) in [5.74, 6) is -0.385. The van der Waals surface area contributed by atoms with Gasteiger partial charge in [-0.05, 0) is 42.7 Å². The van der Waals surface area contributed by atoms with E-state index in [1.54, 1.807) is 22.8 Å². The van der Waals surface area contributed by atoms with E-state index in [0.717, 1.165) is 31.2 Å². The fourth-order valence-electron chi connectivity index (χ4n) is 5.13. The predicted molar refractivity (Wildman–Crippen MR) is 115 cm³/mol. The molecule has 2 aliphatic heterocycles. The van der Waals surface area contributed by atoms with Crippen molar-refractivity contribution in [3.8, 4) is 5.75 Å². The monoisotopic (exact) mass is 403 g/mol. The van der Waals surface area contributed by atoms with Crippen LogP contribution < -0.4 is 10.4 Å². The van der Waals surface area contributed by atoms with Crippen molar-refractivity contribution in [2.45, 2.75) is 37.9 Å². The molecule has 1 aliphatic carbocycles. The van der Waals surface area contributed by atoms with Crippen LogP contribution >= 0.6 is 0 Å². The van der Waals surface area contributed by atoms with Crippen LogP contribution in [0, 0.1) is 5.92 Å². The molecular formula is C24H25N3O3. The summed E-state index contributed by atoms with van der Waals surface area (Å²) in [7, 11) is 1.76. The predicted octanol–water partition coefficient (Wildman–Crippen LogP) is 3.33. The van der Waals surface area contributed by atoms with E-state index in [4.69, 9.17) is 0 Å². The molecule has 1 saturated heterocycles. The van der Waals surface area contributed by atoms with E-state index in [-0.39, 0.29) is 23.8 Å². The Labute approximate surface area is 175 Å². The van der Waals surface area contributed by atoms with Gasteiger partial charge in [0.2, 0.25) is 5.43 Å². The second-order valence-electron chi connectivity index (χ2n) is 8.27. The van der Waals surface area contributed by atoms with Gasteiger partial charge >= 0.3 is 0 Å². The van der Waals surface area contributed by atoms with Gasteiger partial charge in [-0.2, -0.15) is 0 Å². The van der Waals surface area contributed by atoms with Crippen molar-refractivity contribution < 1.29 is 9.90 Å². The molecule has 1 amide bonds. The third-order valence-corrected chi connectivity index (χ3v) is 6.61. The van der Waals surface area contributed by atoms with E-state index in [9.17, 15) is 14.7 Å². The standard InChI is InChI=1S/C24H25N3O3/c1-25-20-13-7-11-16-8-5-6-12-18(16)21(17-9-3-2-4-10-17)27(20)26-15-14-19(28)23(29)22(26)24(25)30/h2-6,9-10,12,14-16,20-21,29H,7-8,11,13H2,1H3/t16?,20-,21-/m1/s1. The Morgan fingerprint density at radius 1 is 1.07 bits per heavy atom. The summed E-state index contributed by atoms with van der Waals surface area (Å²) in [6.45, 7) is 0. The Balaban J connectivity index is 1.79. The van der Waals surface area contributed by atoms with Crippen molar-refractivity contribution in [3.63, 3.8) is 0 Å². The lowest BCUT2D eigenvalue weighted by molar-refractivity contribution is 0.0589. The first-order valence-electron chi connectivity index (χ1n) is 10.5. The van der Waals surface area contributed by atoms with Crippen LogP contribution in [0.15, 0.2) is 71.2 Å². The maximum absolute atomic E-state index is 13.1. The highest BCUT2D eigenvalue weighted by molar-refractivity contribution is 5.96. The number of aromatic hydroxyl groups is 1. The third-order valence-electron chi connectivity index (χ3n) is 6.61. The first kappa shape index (κ1) is 18.7. The lowest BCUT2D eigenvalue weighted by Gasteiger charge is -2.51. The molecule has 3 aliphatic rings. The van der Waals surface area contributed by atoms with Gasteiger partial charge in [-0.25, -0.2) is 0 Å². The Morgan fingerprint density at radius 3 is 2.67 bits per heavy atom. The Kier molecular flexibility index (Phi) is 4.50. The number of hydrogen-bond acceptors (Lipinski definition) is 4. The van der Waals surface area contributed by atoms with Gasteiger partial charge in [-0.15, -0.1) is 0 Å². The highest BCUT2D eigenvalue weighted by Gasteiger charge is 2.44. The Morgan fingerprint density at radius 2 is 1.87 bits per heavy atom. The second-order valence-corrected chi connectivity index (χ2v) is 8.27. The molecule has 1 fully saturated rings. The number of carbonyl (C=O) groups is 1. The molecule has 154 valence electrons. The molecular weight excluding hydrogens is 378 g/mol. The normalized spacial score (nSPS) is 25.6. The molecule has 0 bridgehead atoms. The number of fused-ring (bicyclic) bond motifs is 4. The lowest BCUT2D eigenvalue weighted by Crippen LogP contribution is -2.62. The molecule has 1 aromatic heterocycles. The van der Waals surface area contributed by atoms with Crippen LogP contribution in [0.3, 0.4) is 0 Å². The van der Waals surface area contributed by atoms with Crippen molar-refractivity contribution in [3.05, 3.63) is 87.9 Å². The quantitative estimate of drug-likeness (QED) is 0.793. The fraction of sp³-hybridized carbons (Fsp3) is 0.333. The minimum atomic E-state index is -0.539. The van der Waals surface area contributed by atoms with Crippen LogP contribution in [0.2, 0.25) is 0 Å². The number of hydrogen-bond donors (Lipinski definition) is 1. The van der Waals surface area contributed by atoms with E-state index >= 15 is 0 Å². The van der Waals surface area contributed by atoms with Gasteiger partial charge in [0.25, 0.3) is 5.91 Å². The Hall–Kier alpha value is -3.28. The number of nitrogens with zero attached hydrogens (tertiary/aromatic N) is 3. The smallest absolute Gasteiger partial charge is 0.277 e. The van der Waals surface area contributed by atoms with Crippen molar-refractivity contribution >= 4 is 5.91 Å². The average molecular weight is 403 g/mol. The molecule has 1 aromatic carbocycles. The van der Waals surface area contributed by atoms with Gasteiger partial charge in [0.05, 0.1) is 6.04 Å². The molecule has 1 unspecified atom stereocenters. The molecule has 3 atom stereocenters. The van der Waals surface area contributed by atoms with Crippen LogP contribution in [0.5, 0.6) is 5.75 Å². The topological polar surface area (TPSA) is 65.8 Å². The number of rotatable bonds is 1. The number of carbonyl (C=O) groups excluding carboxylic acids is 1. The number of allylic oxidation sites excluding steroid dienone is 3. The van der Waals surface area contributed by atoms with Crippen molar-refractivity contribution in [2.24, 2.45) is 5.92 Å². The van der Waals surface area contributed by atoms with E-state index in [1.807, 2.05) is 18.2 Å². The minimum Gasteiger partial charge on any atom is -0.502 e. The van der Waals surface area contributed by atoms with Gasteiger partial charge in [0, 0.05) is 19.3 Å². The largest absolute Gasteiger partial charge is 0.502 e. The summed E-state index contributed by atoms with van der Waals surface area (Å²) >= 11 is 0. The van der Waals surface area contributed by atoms with Crippen LogP contribution in [0.4, 0.5) is 0 Å². The highest BCUT2D eigenvalue weighted by atomic mass is 16.3. The summed E-state index contributed by atoms with van der Waals surface area (Å²) in [5, 5.41) is 12.7. The van der Waals surface area contributed by atoms with E-state index < -0.39 is 11.2 Å². The van der Waals surface area contributed by atoms with E-state index in [1.165, 1.54) is 11.6 Å². The average Bonchev–Trinajstić information content (AvgIpc) is 2.75. The summed E-state index contributed by atoms with van der Waals surface area (Å²) in [6.07, 6.45) is 11.9. The molecule has 0 saturated carbocycles. The highest BCUT2D eigenvalue weighted by Crippen LogP contribution is 2.43. The molecule has 6 heteroatoms. The SMILES string of the molecule is CN1C(=O)c2c(O)c(=O)ccn2N2[C@@H]1CCCC1CC=CC=C1[C@H]2c1ccccc1. The Bertz CT molecular complexity index is 1100. The van der Waals surface area contributed by atoms with Crippen LogP contribution in [0.25, 0.3) is 0 Å². The van der Waals surface area contributed by atoms with Crippen molar-refractivity contribution in [2.75, 3.05) is 12.1 Å². The lowest BCUT2D eigenvalue weighted by atomic mass is 9.79. The first-order valence-corrected chi connectivity index (χ1v) is 10.5. The summed E-state index contributed by atoms with van der Waals surface area (Å²) < 4.78 is 1.71. The number of benzene rings is 1. The van der Waals surface area contributed by atoms with Gasteiger partial charge in [0.1, 0.15) is 6.17 Å². The fourth-order valence-corrected chi connectivity index (χ4v) is 5.13. The van der Waals surface area contributed by atoms with E-state index in [2.05, 4.69) is 35.4 Å². The molecule has 5 rings (SSSR count). The molecule has 0 radical (unpaired) electrons. The first-order chi connectivity index (χ1) is 14.6. The molecule has 6 nitrogen and oxygen atoms in total.